The molecule has 0 bridgehead atoms. The largest absolute Gasteiger partial charge is 0.267 e. The highest BCUT2D eigenvalue weighted by atomic mass is 32.2. The molecule has 0 radical (unpaired) electrons. The average molecular weight is 266 g/mol. The molecule has 0 spiro atoms. The maximum Gasteiger partial charge on any atom is 0.267 e. The number of sulfone groups is 1. The van der Waals surface area contributed by atoms with Crippen LogP contribution in [0, 0.1) is 5.82 Å². The zero-order valence-electron chi connectivity index (χ0n) is 9.67. The first kappa shape index (κ1) is 14.0. The zero-order valence-corrected chi connectivity index (χ0v) is 10.5. The monoisotopic (exact) mass is 266 g/mol. The minimum atomic E-state index is -3.86. The summed E-state index contributed by atoms with van der Waals surface area (Å²) in [5, 5.41) is 0. The Morgan fingerprint density at radius 3 is 2.06 bits per heavy atom. The minimum absolute atomic E-state index is 0.0905. The van der Waals surface area contributed by atoms with E-state index in [1.807, 2.05) is 0 Å². The Morgan fingerprint density at radius 1 is 1.18 bits per heavy atom. The van der Waals surface area contributed by atoms with Crippen LogP contribution in [0.25, 0.3) is 0 Å². The van der Waals surface area contributed by atoms with Crippen molar-refractivity contribution in [2.24, 2.45) is 0 Å². The van der Waals surface area contributed by atoms with Crippen LogP contribution in [0.5, 0.6) is 0 Å². The van der Waals surface area contributed by atoms with Gasteiger partial charge in [-0.05, 0) is 17.5 Å². The van der Waals surface area contributed by atoms with Crippen molar-refractivity contribution in [3.05, 3.63) is 29.1 Å². The highest BCUT2D eigenvalue weighted by Gasteiger charge is 2.26. The molecule has 96 valence electrons. The number of alkyl halides is 2. The molecule has 0 saturated heterocycles. The van der Waals surface area contributed by atoms with Crippen LogP contribution in [0.3, 0.4) is 0 Å². The van der Waals surface area contributed by atoms with E-state index in [9.17, 15) is 21.6 Å². The Kier molecular flexibility index (Phi) is 3.86. The Morgan fingerprint density at radius 2 is 1.71 bits per heavy atom. The summed E-state index contributed by atoms with van der Waals surface area (Å²) >= 11 is 0. The lowest BCUT2D eigenvalue weighted by atomic mass is 10.00. The van der Waals surface area contributed by atoms with E-state index in [2.05, 4.69) is 0 Å². The van der Waals surface area contributed by atoms with Gasteiger partial charge in [-0.1, -0.05) is 19.9 Å². The Hall–Kier alpha value is -1.04. The van der Waals surface area contributed by atoms with E-state index in [0.717, 1.165) is 12.3 Å². The molecule has 0 fully saturated rings. The molecule has 0 aliphatic carbocycles. The zero-order chi connectivity index (χ0) is 13.4. The number of hydrogen-bond acceptors (Lipinski definition) is 2. The number of benzene rings is 1. The van der Waals surface area contributed by atoms with Gasteiger partial charge in [0.2, 0.25) is 0 Å². The van der Waals surface area contributed by atoms with Crippen LogP contribution in [-0.4, -0.2) is 14.7 Å². The Bertz CT molecular complexity index is 522. The smallest absolute Gasteiger partial charge is 0.224 e. The van der Waals surface area contributed by atoms with Crippen molar-refractivity contribution in [3.8, 4) is 0 Å². The fourth-order valence-electron chi connectivity index (χ4n) is 1.56. The van der Waals surface area contributed by atoms with Crippen molar-refractivity contribution in [1.82, 2.24) is 0 Å². The molecule has 0 aliphatic heterocycles. The number of rotatable bonds is 3. The first-order chi connectivity index (χ1) is 7.66. The fraction of sp³-hybridized carbons (Fsp3) is 0.455. The standard InChI is InChI=1S/C11H13F3O2S/c1-6(2)7-4-5-8(17(3,15)16)9(10(7)12)11(13)14/h4-6,11H,1-3H3. The van der Waals surface area contributed by atoms with Gasteiger partial charge in [0.1, 0.15) is 5.82 Å². The molecule has 0 saturated carbocycles. The Balaban J connectivity index is 3.63. The topological polar surface area (TPSA) is 34.1 Å². The molecule has 0 N–H and O–H groups in total. The first-order valence-electron chi connectivity index (χ1n) is 4.96. The lowest BCUT2D eigenvalue weighted by Gasteiger charge is -2.14. The maximum absolute atomic E-state index is 13.8. The summed E-state index contributed by atoms with van der Waals surface area (Å²) in [6, 6.07) is 2.28. The second kappa shape index (κ2) is 4.68. The second-order valence-electron chi connectivity index (χ2n) is 4.11. The van der Waals surface area contributed by atoms with Crippen molar-refractivity contribution >= 4 is 9.84 Å². The molecule has 0 aromatic heterocycles. The van der Waals surface area contributed by atoms with Crippen LogP contribution >= 0.6 is 0 Å². The molecule has 2 nitrogen and oxygen atoms in total. The van der Waals surface area contributed by atoms with Crippen molar-refractivity contribution in [3.63, 3.8) is 0 Å². The van der Waals surface area contributed by atoms with E-state index in [1.165, 1.54) is 6.07 Å². The van der Waals surface area contributed by atoms with Gasteiger partial charge in [-0.15, -0.1) is 0 Å². The lowest BCUT2D eigenvalue weighted by molar-refractivity contribution is 0.142. The molecule has 1 aromatic carbocycles. The molecule has 0 heterocycles. The third-order valence-electron chi connectivity index (χ3n) is 2.41. The molecule has 0 aliphatic rings. The van der Waals surface area contributed by atoms with Gasteiger partial charge in [0.05, 0.1) is 10.5 Å². The SMILES string of the molecule is CC(C)c1ccc(S(C)(=O)=O)c(C(F)F)c1F. The summed E-state index contributed by atoms with van der Waals surface area (Å²) in [6.45, 7) is 3.29. The van der Waals surface area contributed by atoms with Crippen molar-refractivity contribution < 1.29 is 21.6 Å². The normalized spacial score (nSPS) is 12.5. The lowest BCUT2D eigenvalue weighted by Crippen LogP contribution is -2.08. The van der Waals surface area contributed by atoms with Crippen LogP contribution in [0.2, 0.25) is 0 Å². The first-order valence-corrected chi connectivity index (χ1v) is 6.86. The summed E-state index contributed by atoms with van der Waals surface area (Å²) in [5.41, 5.74) is -0.939. The minimum Gasteiger partial charge on any atom is -0.224 e. The predicted molar refractivity (Wildman–Crippen MR) is 58.6 cm³/mol. The average Bonchev–Trinajstić information content (AvgIpc) is 2.14. The third kappa shape index (κ3) is 2.80. The highest BCUT2D eigenvalue weighted by Crippen LogP contribution is 2.33. The summed E-state index contributed by atoms with van der Waals surface area (Å²) in [6.07, 6.45) is -2.37. The van der Waals surface area contributed by atoms with Gasteiger partial charge in [0, 0.05) is 6.26 Å². The predicted octanol–water partition coefficient (Wildman–Crippen LogP) is 3.29. The van der Waals surface area contributed by atoms with Crippen LogP contribution in [0.4, 0.5) is 13.2 Å². The molecular weight excluding hydrogens is 253 g/mol. The maximum atomic E-state index is 13.8. The summed E-state index contributed by atoms with van der Waals surface area (Å²) in [4.78, 5) is -0.644. The van der Waals surface area contributed by atoms with E-state index < -0.39 is 32.5 Å². The molecule has 0 amide bonds. The highest BCUT2D eigenvalue weighted by molar-refractivity contribution is 7.90. The van der Waals surface area contributed by atoms with Crippen LogP contribution in [0.1, 0.15) is 37.3 Å². The van der Waals surface area contributed by atoms with Gasteiger partial charge in [0.25, 0.3) is 6.43 Å². The van der Waals surface area contributed by atoms with Gasteiger partial charge in [-0.3, -0.25) is 0 Å². The van der Waals surface area contributed by atoms with Crippen LogP contribution < -0.4 is 0 Å². The third-order valence-corrected chi connectivity index (χ3v) is 3.56. The second-order valence-corrected chi connectivity index (χ2v) is 6.09. The van der Waals surface area contributed by atoms with E-state index in [1.54, 1.807) is 13.8 Å². The van der Waals surface area contributed by atoms with Gasteiger partial charge < -0.3 is 0 Å². The molecule has 0 atom stereocenters. The van der Waals surface area contributed by atoms with Crippen molar-refractivity contribution in [1.29, 1.82) is 0 Å². The van der Waals surface area contributed by atoms with Gasteiger partial charge in [-0.25, -0.2) is 21.6 Å². The van der Waals surface area contributed by atoms with Crippen LogP contribution in [0.15, 0.2) is 17.0 Å². The van der Waals surface area contributed by atoms with E-state index in [0.29, 0.717) is 0 Å². The van der Waals surface area contributed by atoms with Crippen molar-refractivity contribution in [2.75, 3.05) is 6.26 Å². The van der Waals surface area contributed by atoms with Crippen LogP contribution in [-0.2, 0) is 9.84 Å². The number of halogens is 3. The summed E-state index contributed by atoms with van der Waals surface area (Å²) in [5.74, 6) is -1.42. The van der Waals surface area contributed by atoms with Crippen molar-refractivity contribution in [2.45, 2.75) is 31.1 Å². The molecule has 17 heavy (non-hydrogen) atoms. The van der Waals surface area contributed by atoms with E-state index >= 15 is 0 Å². The molecule has 1 aromatic rings. The summed E-state index contributed by atoms with van der Waals surface area (Å²) < 4.78 is 61.9. The molecule has 1 rings (SSSR count). The molecule has 6 heteroatoms. The van der Waals surface area contributed by atoms with Gasteiger partial charge in [-0.2, -0.15) is 0 Å². The van der Waals surface area contributed by atoms with Gasteiger partial charge >= 0.3 is 0 Å². The molecular formula is C11H13F3O2S. The van der Waals surface area contributed by atoms with Gasteiger partial charge in [0.15, 0.2) is 9.84 Å². The van der Waals surface area contributed by atoms with E-state index in [4.69, 9.17) is 0 Å². The molecule has 0 unspecified atom stereocenters. The summed E-state index contributed by atoms with van der Waals surface area (Å²) in [7, 11) is -3.86. The Labute approximate surface area is 98.4 Å². The number of hydrogen-bond donors (Lipinski definition) is 0. The fourth-order valence-corrected chi connectivity index (χ4v) is 2.46. The quantitative estimate of drug-likeness (QED) is 0.841. The van der Waals surface area contributed by atoms with E-state index in [-0.39, 0.29) is 11.5 Å².